The smallest absolute Gasteiger partial charge is 0.267 e. The van der Waals surface area contributed by atoms with Gasteiger partial charge in [0.2, 0.25) is 0 Å². The lowest BCUT2D eigenvalue weighted by Gasteiger charge is -2.17. The van der Waals surface area contributed by atoms with Crippen LogP contribution in [-0.2, 0) is 13.1 Å². The van der Waals surface area contributed by atoms with Gasteiger partial charge < -0.3 is 14.4 Å². The number of hydrogen-bond acceptors (Lipinski definition) is 8. The van der Waals surface area contributed by atoms with E-state index in [9.17, 15) is 23.6 Å². The number of ether oxygens (including phenoxy) is 2. The number of thiazole rings is 1. The van der Waals surface area contributed by atoms with E-state index >= 15 is 0 Å². The Balaban J connectivity index is 1.35. The number of anilines is 1. The molecule has 9 nitrogen and oxygen atoms in total. The molecule has 12 heteroatoms. The van der Waals surface area contributed by atoms with Gasteiger partial charge in [0.05, 0.1) is 60.6 Å². The van der Waals surface area contributed by atoms with Crippen LogP contribution in [0.15, 0.2) is 48.7 Å². The van der Waals surface area contributed by atoms with Gasteiger partial charge in [-0.1, -0.05) is 11.3 Å². The van der Waals surface area contributed by atoms with Crippen LogP contribution in [0.5, 0.6) is 11.5 Å². The number of carbonyl (C=O) groups is 2. The highest BCUT2D eigenvalue weighted by Gasteiger charge is 2.30. The van der Waals surface area contributed by atoms with Crippen LogP contribution in [-0.4, -0.2) is 40.9 Å². The monoisotopic (exact) mass is 575 g/mol. The topological polar surface area (TPSA) is 117 Å². The fourth-order valence-electron chi connectivity index (χ4n) is 4.57. The summed E-state index contributed by atoms with van der Waals surface area (Å²) in [4.78, 5) is 37.5. The standard InChI is InChI=1S/C29H23F2N5O4S/c1-15-8-18(19-9-16(11-32)4-6-23(19)39-2)21(12-33-15)27(37)35-29-34-22-13-36(14-25(22)41-29)28(38)17-5-7-24(40-3)20(10-17)26(30)31/h4-10,12,26H,13-14H2,1-3H3,(H,34,35,37). The first-order valence-electron chi connectivity index (χ1n) is 12.3. The average molecular weight is 576 g/mol. The number of nitriles is 1. The van der Waals surface area contributed by atoms with Gasteiger partial charge in [0, 0.05) is 28.6 Å². The molecule has 2 amide bonds. The Bertz CT molecular complexity index is 1690. The normalized spacial score (nSPS) is 12.2. The number of halogens is 2. The fraction of sp³-hybridized carbons (Fsp3) is 0.207. The first kappa shape index (κ1) is 27.7. The number of amides is 2. The van der Waals surface area contributed by atoms with Crippen molar-refractivity contribution in [2.45, 2.75) is 26.4 Å². The van der Waals surface area contributed by atoms with Crippen molar-refractivity contribution in [1.82, 2.24) is 14.9 Å². The molecule has 0 unspecified atom stereocenters. The van der Waals surface area contributed by atoms with Gasteiger partial charge in [-0.2, -0.15) is 5.26 Å². The molecule has 0 radical (unpaired) electrons. The minimum atomic E-state index is -2.79. The lowest BCUT2D eigenvalue weighted by atomic mass is 9.97. The Labute approximate surface area is 238 Å². The molecule has 2 aromatic carbocycles. The maximum Gasteiger partial charge on any atom is 0.267 e. The number of nitrogens with zero attached hydrogens (tertiary/aromatic N) is 4. The molecule has 0 aliphatic carbocycles. The predicted octanol–water partition coefficient (Wildman–Crippen LogP) is 5.75. The molecule has 1 aliphatic heterocycles. The van der Waals surface area contributed by atoms with Gasteiger partial charge in [-0.05, 0) is 49.4 Å². The van der Waals surface area contributed by atoms with Gasteiger partial charge in [0.1, 0.15) is 11.5 Å². The molecule has 5 rings (SSSR count). The molecule has 41 heavy (non-hydrogen) atoms. The summed E-state index contributed by atoms with van der Waals surface area (Å²) in [5, 5.41) is 12.5. The van der Waals surface area contributed by atoms with Crippen LogP contribution in [0.1, 0.15) is 54.5 Å². The van der Waals surface area contributed by atoms with Crippen molar-refractivity contribution >= 4 is 28.3 Å². The lowest BCUT2D eigenvalue weighted by molar-refractivity contribution is 0.0750. The lowest BCUT2D eigenvalue weighted by Crippen LogP contribution is -2.25. The Morgan fingerprint density at radius 1 is 1.07 bits per heavy atom. The second kappa shape index (κ2) is 11.3. The SMILES string of the molecule is COc1ccc(C#N)cc1-c1cc(C)ncc1C(=O)Nc1nc2c(s1)CN(C(=O)c1ccc(OC)c(C(F)F)c1)C2. The second-order valence-electron chi connectivity index (χ2n) is 9.16. The number of hydrogen-bond donors (Lipinski definition) is 1. The number of alkyl halides is 2. The Hall–Kier alpha value is -4.89. The first-order valence-corrected chi connectivity index (χ1v) is 13.1. The first-order chi connectivity index (χ1) is 19.7. The number of pyridine rings is 1. The highest BCUT2D eigenvalue weighted by Crippen LogP contribution is 2.36. The molecule has 0 bridgehead atoms. The highest BCUT2D eigenvalue weighted by molar-refractivity contribution is 7.16. The minimum absolute atomic E-state index is 0.0160. The van der Waals surface area contributed by atoms with Gasteiger partial charge in [-0.15, -0.1) is 0 Å². The van der Waals surface area contributed by atoms with E-state index in [4.69, 9.17) is 9.47 Å². The summed E-state index contributed by atoms with van der Waals surface area (Å²) in [6.07, 6.45) is -1.32. The summed E-state index contributed by atoms with van der Waals surface area (Å²) in [5.41, 5.74) is 2.88. The summed E-state index contributed by atoms with van der Waals surface area (Å²) >= 11 is 1.23. The predicted molar refractivity (Wildman–Crippen MR) is 147 cm³/mol. The molecular weight excluding hydrogens is 552 g/mol. The van der Waals surface area contributed by atoms with E-state index in [2.05, 4.69) is 21.4 Å². The number of aryl methyl sites for hydroxylation is 1. The van der Waals surface area contributed by atoms with Crippen molar-refractivity contribution in [1.29, 1.82) is 5.26 Å². The minimum Gasteiger partial charge on any atom is -0.496 e. The molecule has 4 aromatic rings. The summed E-state index contributed by atoms with van der Waals surface area (Å²) < 4.78 is 37.3. The zero-order valence-corrected chi connectivity index (χ0v) is 23.0. The second-order valence-corrected chi connectivity index (χ2v) is 10.2. The summed E-state index contributed by atoms with van der Waals surface area (Å²) in [7, 11) is 2.80. The largest absolute Gasteiger partial charge is 0.496 e. The van der Waals surface area contributed by atoms with Crippen molar-refractivity contribution in [3.63, 3.8) is 0 Å². The summed E-state index contributed by atoms with van der Waals surface area (Å²) in [5.74, 6) is -0.342. The molecule has 1 N–H and O–H groups in total. The van der Waals surface area contributed by atoms with Crippen LogP contribution in [0.2, 0.25) is 0 Å². The number of aromatic nitrogens is 2. The third-order valence-electron chi connectivity index (χ3n) is 6.58. The van der Waals surface area contributed by atoms with Gasteiger partial charge >= 0.3 is 0 Å². The van der Waals surface area contributed by atoms with Crippen molar-refractivity contribution in [2.75, 3.05) is 19.5 Å². The molecule has 0 fully saturated rings. The van der Waals surface area contributed by atoms with E-state index < -0.39 is 18.2 Å². The van der Waals surface area contributed by atoms with Crippen molar-refractivity contribution < 1.29 is 27.8 Å². The highest BCUT2D eigenvalue weighted by atomic mass is 32.1. The Morgan fingerprint density at radius 3 is 2.51 bits per heavy atom. The molecule has 0 spiro atoms. The maximum absolute atomic E-state index is 13.4. The van der Waals surface area contributed by atoms with Crippen LogP contribution < -0.4 is 14.8 Å². The van der Waals surface area contributed by atoms with Gasteiger partial charge in [-0.3, -0.25) is 19.9 Å². The number of benzene rings is 2. The zero-order valence-electron chi connectivity index (χ0n) is 22.2. The molecule has 1 aliphatic rings. The third kappa shape index (κ3) is 5.44. The van der Waals surface area contributed by atoms with Gasteiger partial charge in [-0.25, -0.2) is 13.8 Å². The molecule has 0 saturated carbocycles. The number of rotatable bonds is 7. The van der Waals surface area contributed by atoms with E-state index in [0.717, 1.165) is 10.9 Å². The summed E-state index contributed by atoms with van der Waals surface area (Å²) in [6, 6.07) is 12.8. The quantitative estimate of drug-likeness (QED) is 0.298. The molecule has 0 atom stereocenters. The Kier molecular flexibility index (Phi) is 7.63. The van der Waals surface area contributed by atoms with Crippen LogP contribution in [0.4, 0.5) is 13.9 Å². The molecule has 2 aromatic heterocycles. The average Bonchev–Trinajstić information content (AvgIpc) is 3.54. The Morgan fingerprint density at radius 2 is 1.83 bits per heavy atom. The van der Waals surface area contributed by atoms with Crippen molar-refractivity contribution in [3.8, 4) is 28.7 Å². The number of methoxy groups -OCH3 is 2. The zero-order chi connectivity index (χ0) is 29.3. The van der Waals surface area contributed by atoms with Gasteiger partial charge in [0.25, 0.3) is 18.2 Å². The molecule has 208 valence electrons. The van der Waals surface area contributed by atoms with E-state index in [-0.39, 0.29) is 35.5 Å². The van der Waals surface area contributed by atoms with Crippen LogP contribution >= 0.6 is 11.3 Å². The van der Waals surface area contributed by atoms with Crippen LogP contribution in [0.25, 0.3) is 11.1 Å². The molecule has 3 heterocycles. The van der Waals surface area contributed by atoms with Crippen molar-refractivity contribution in [2.24, 2.45) is 0 Å². The van der Waals surface area contributed by atoms with E-state index in [1.165, 1.54) is 48.8 Å². The fourth-order valence-corrected chi connectivity index (χ4v) is 5.56. The number of fused-ring (bicyclic) bond motifs is 1. The van der Waals surface area contributed by atoms with Crippen molar-refractivity contribution in [3.05, 3.63) is 87.2 Å². The van der Waals surface area contributed by atoms with E-state index in [1.54, 1.807) is 31.2 Å². The third-order valence-corrected chi connectivity index (χ3v) is 7.57. The van der Waals surface area contributed by atoms with Crippen LogP contribution in [0.3, 0.4) is 0 Å². The van der Waals surface area contributed by atoms with E-state index in [1.807, 2.05) is 0 Å². The van der Waals surface area contributed by atoms with Gasteiger partial charge in [0.15, 0.2) is 5.13 Å². The van der Waals surface area contributed by atoms with Crippen LogP contribution in [0, 0.1) is 18.3 Å². The summed E-state index contributed by atoms with van der Waals surface area (Å²) in [6.45, 7) is 2.20. The molecular formula is C29H23F2N5O4S. The number of carbonyl (C=O) groups excluding carboxylic acids is 2. The maximum atomic E-state index is 13.4. The molecule has 0 saturated heterocycles. The van der Waals surface area contributed by atoms with E-state index in [0.29, 0.717) is 39.0 Å². The number of nitrogens with one attached hydrogen (secondary N) is 1.